The van der Waals surface area contributed by atoms with Crippen molar-refractivity contribution >= 4 is 11.8 Å². The molecule has 0 aromatic heterocycles. The molecule has 5 heteroatoms. The largest absolute Gasteiger partial charge is 0.342 e. The van der Waals surface area contributed by atoms with Gasteiger partial charge < -0.3 is 9.80 Å². The highest BCUT2D eigenvalue weighted by Gasteiger charge is 2.39. The molecule has 3 saturated heterocycles. The van der Waals surface area contributed by atoms with E-state index in [2.05, 4.69) is 4.90 Å². The molecule has 3 rings (SSSR count). The van der Waals surface area contributed by atoms with E-state index in [0.29, 0.717) is 24.5 Å². The van der Waals surface area contributed by atoms with Crippen LogP contribution in [0.1, 0.15) is 51.9 Å². The van der Waals surface area contributed by atoms with Crippen LogP contribution >= 0.6 is 0 Å². The molecule has 3 aliphatic heterocycles. The lowest BCUT2D eigenvalue weighted by atomic mass is 10.0. The molecule has 2 amide bonds. The van der Waals surface area contributed by atoms with Crippen LogP contribution in [0.5, 0.6) is 0 Å². The summed E-state index contributed by atoms with van der Waals surface area (Å²) in [5, 5.41) is 0. The quantitative estimate of drug-likeness (QED) is 0.793. The van der Waals surface area contributed by atoms with E-state index < -0.39 is 0 Å². The summed E-state index contributed by atoms with van der Waals surface area (Å²) in [5.41, 5.74) is 0. The predicted molar refractivity (Wildman–Crippen MR) is 85.4 cm³/mol. The minimum Gasteiger partial charge on any atom is -0.342 e. The summed E-state index contributed by atoms with van der Waals surface area (Å²) in [6.45, 7) is 5.99. The van der Waals surface area contributed by atoms with Gasteiger partial charge in [0, 0.05) is 38.6 Å². The molecule has 0 aliphatic carbocycles. The van der Waals surface area contributed by atoms with Crippen LogP contribution in [0.2, 0.25) is 0 Å². The second-order valence-corrected chi connectivity index (χ2v) is 7.04. The van der Waals surface area contributed by atoms with E-state index in [9.17, 15) is 9.59 Å². The fraction of sp³-hybridized carbons (Fsp3) is 0.882. The fourth-order valence-corrected chi connectivity index (χ4v) is 4.48. The first kappa shape index (κ1) is 15.8. The topological polar surface area (TPSA) is 43.9 Å². The van der Waals surface area contributed by atoms with Crippen molar-refractivity contribution in [2.45, 2.75) is 64.0 Å². The Labute approximate surface area is 133 Å². The SMILES string of the molecule is CC(=O)N1CCC[C@H]1[C@@H]1CCCN1CC(=O)N1CCCCC1. The van der Waals surface area contributed by atoms with E-state index in [1.807, 2.05) is 9.80 Å². The summed E-state index contributed by atoms with van der Waals surface area (Å²) in [5.74, 6) is 0.482. The van der Waals surface area contributed by atoms with Crippen molar-refractivity contribution in [2.75, 3.05) is 32.7 Å². The lowest BCUT2D eigenvalue weighted by Crippen LogP contribution is -2.51. The maximum absolute atomic E-state index is 12.5. The Kier molecular flexibility index (Phi) is 5.01. The monoisotopic (exact) mass is 307 g/mol. The minimum absolute atomic E-state index is 0.191. The van der Waals surface area contributed by atoms with E-state index >= 15 is 0 Å². The maximum atomic E-state index is 12.5. The number of amides is 2. The van der Waals surface area contributed by atoms with Crippen molar-refractivity contribution in [1.82, 2.24) is 14.7 Å². The third-order valence-electron chi connectivity index (χ3n) is 5.61. The lowest BCUT2D eigenvalue weighted by Gasteiger charge is -2.36. The van der Waals surface area contributed by atoms with Gasteiger partial charge in [0.15, 0.2) is 0 Å². The number of piperidine rings is 1. The standard InChI is InChI=1S/C17H29N3O2/c1-14(21)20-12-6-8-16(20)15-7-5-11-19(15)13-17(22)18-9-3-2-4-10-18/h15-16H,2-13H2,1H3/t15-,16-/m0/s1. The van der Waals surface area contributed by atoms with Crippen LogP contribution in [0.4, 0.5) is 0 Å². The Morgan fingerprint density at radius 1 is 0.864 bits per heavy atom. The second-order valence-electron chi connectivity index (χ2n) is 7.04. The van der Waals surface area contributed by atoms with Crippen molar-refractivity contribution in [3.63, 3.8) is 0 Å². The smallest absolute Gasteiger partial charge is 0.236 e. The first-order chi connectivity index (χ1) is 10.7. The van der Waals surface area contributed by atoms with Gasteiger partial charge in [-0.3, -0.25) is 14.5 Å². The molecule has 3 aliphatic rings. The van der Waals surface area contributed by atoms with Gasteiger partial charge in [-0.1, -0.05) is 0 Å². The lowest BCUT2D eigenvalue weighted by molar-refractivity contribution is -0.134. The normalized spacial score (nSPS) is 30.0. The molecule has 0 bridgehead atoms. The van der Waals surface area contributed by atoms with Crippen LogP contribution in [-0.2, 0) is 9.59 Å². The van der Waals surface area contributed by atoms with E-state index in [-0.39, 0.29) is 5.91 Å². The molecule has 5 nitrogen and oxygen atoms in total. The second kappa shape index (κ2) is 6.99. The van der Waals surface area contributed by atoms with Crippen molar-refractivity contribution in [3.05, 3.63) is 0 Å². The first-order valence-electron chi connectivity index (χ1n) is 8.96. The van der Waals surface area contributed by atoms with Gasteiger partial charge in [-0.15, -0.1) is 0 Å². The number of likely N-dealkylation sites (tertiary alicyclic amines) is 3. The molecule has 0 aromatic rings. The molecule has 22 heavy (non-hydrogen) atoms. The third kappa shape index (κ3) is 3.29. The first-order valence-corrected chi connectivity index (χ1v) is 8.96. The average molecular weight is 307 g/mol. The van der Waals surface area contributed by atoms with E-state index in [1.165, 1.54) is 6.42 Å². The molecule has 3 heterocycles. The number of carbonyl (C=O) groups is 2. The number of rotatable bonds is 3. The van der Waals surface area contributed by atoms with Gasteiger partial charge >= 0.3 is 0 Å². The Balaban J connectivity index is 1.60. The summed E-state index contributed by atoms with van der Waals surface area (Å²) < 4.78 is 0. The van der Waals surface area contributed by atoms with Gasteiger partial charge in [0.1, 0.15) is 0 Å². The highest BCUT2D eigenvalue weighted by atomic mass is 16.2. The average Bonchev–Trinajstić information content (AvgIpc) is 3.16. The summed E-state index contributed by atoms with van der Waals surface area (Å²) in [6, 6.07) is 0.717. The van der Waals surface area contributed by atoms with Crippen LogP contribution < -0.4 is 0 Å². The Morgan fingerprint density at radius 3 is 2.27 bits per heavy atom. The molecule has 0 unspecified atom stereocenters. The third-order valence-corrected chi connectivity index (χ3v) is 5.61. The van der Waals surface area contributed by atoms with Crippen LogP contribution in [0, 0.1) is 0 Å². The van der Waals surface area contributed by atoms with Gasteiger partial charge in [0.05, 0.1) is 6.54 Å². The summed E-state index contributed by atoms with van der Waals surface area (Å²) in [7, 11) is 0. The summed E-state index contributed by atoms with van der Waals surface area (Å²) >= 11 is 0. The van der Waals surface area contributed by atoms with Gasteiger partial charge in [0.25, 0.3) is 0 Å². The van der Waals surface area contributed by atoms with Crippen LogP contribution in [0.25, 0.3) is 0 Å². The molecular weight excluding hydrogens is 278 g/mol. The fourth-order valence-electron chi connectivity index (χ4n) is 4.48. The number of carbonyl (C=O) groups excluding carboxylic acids is 2. The highest BCUT2D eigenvalue weighted by Crippen LogP contribution is 2.30. The van der Waals surface area contributed by atoms with E-state index in [4.69, 9.17) is 0 Å². The van der Waals surface area contributed by atoms with Crippen molar-refractivity contribution in [2.24, 2.45) is 0 Å². The zero-order valence-electron chi connectivity index (χ0n) is 13.8. The Hall–Kier alpha value is -1.10. The zero-order valence-corrected chi connectivity index (χ0v) is 13.8. The molecule has 0 saturated carbocycles. The van der Waals surface area contributed by atoms with Crippen molar-refractivity contribution < 1.29 is 9.59 Å². The van der Waals surface area contributed by atoms with Gasteiger partial charge in [-0.05, 0) is 51.5 Å². The van der Waals surface area contributed by atoms with Crippen LogP contribution in [-0.4, -0.2) is 71.3 Å². The number of hydrogen-bond acceptors (Lipinski definition) is 3. The Morgan fingerprint density at radius 2 is 1.55 bits per heavy atom. The van der Waals surface area contributed by atoms with Crippen molar-refractivity contribution in [3.8, 4) is 0 Å². The number of hydrogen-bond donors (Lipinski definition) is 0. The Bertz CT molecular complexity index is 420. The van der Waals surface area contributed by atoms with Crippen LogP contribution in [0.15, 0.2) is 0 Å². The molecule has 3 fully saturated rings. The molecular formula is C17H29N3O2. The highest BCUT2D eigenvalue weighted by molar-refractivity contribution is 5.78. The minimum atomic E-state index is 0.191. The van der Waals surface area contributed by atoms with E-state index in [1.54, 1.807) is 6.92 Å². The van der Waals surface area contributed by atoms with Gasteiger partial charge in [-0.25, -0.2) is 0 Å². The summed E-state index contributed by atoms with van der Waals surface area (Å²) in [6.07, 6.45) is 8.03. The zero-order chi connectivity index (χ0) is 15.5. The van der Waals surface area contributed by atoms with Crippen LogP contribution in [0.3, 0.4) is 0 Å². The van der Waals surface area contributed by atoms with Gasteiger partial charge in [-0.2, -0.15) is 0 Å². The molecule has 0 aromatic carbocycles. The molecule has 0 radical (unpaired) electrons. The predicted octanol–water partition coefficient (Wildman–Crippen LogP) is 1.47. The summed E-state index contributed by atoms with van der Waals surface area (Å²) in [4.78, 5) is 30.8. The maximum Gasteiger partial charge on any atom is 0.236 e. The van der Waals surface area contributed by atoms with E-state index in [0.717, 1.165) is 64.7 Å². The molecule has 124 valence electrons. The molecule has 0 N–H and O–H groups in total. The van der Waals surface area contributed by atoms with Crippen molar-refractivity contribution in [1.29, 1.82) is 0 Å². The van der Waals surface area contributed by atoms with Gasteiger partial charge in [0.2, 0.25) is 11.8 Å². The molecule has 2 atom stereocenters. The number of nitrogens with zero attached hydrogens (tertiary/aromatic N) is 3. The molecule has 0 spiro atoms.